The van der Waals surface area contributed by atoms with E-state index in [0.717, 1.165) is 16.9 Å². The predicted octanol–water partition coefficient (Wildman–Crippen LogP) is 2.70. The Kier molecular flexibility index (Phi) is 4.01. The minimum absolute atomic E-state index is 0.144. The summed E-state index contributed by atoms with van der Waals surface area (Å²) in [4.78, 5) is 22.6. The highest BCUT2D eigenvalue weighted by atomic mass is 16.5. The molecule has 2 aromatic rings. The molecule has 3 rings (SSSR count). The lowest BCUT2D eigenvalue weighted by Crippen LogP contribution is -2.19. The van der Waals surface area contributed by atoms with Crippen molar-refractivity contribution in [3.8, 4) is 5.75 Å². The van der Waals surface area contributed by atoms with Gasteiger partial charge in [-0.05, 0) is 29.3 Å². The minimum Gasteiger partial charge on any atom is -0.489 e. The van der Waals surface area contributed by atoms with Crippen LogP contribution in [-0.2, 0) is 16.2 Å². The highest BCUT2D eigenvalue weighted by Crippen LogP contribution is 2.18. The third kappa shape index (κ3) is 3.41. The van der Waals surface area contributed by atoms with Gasteiger partial charge in [-0.3, -0.25) is 14.9 Å². The molecule has 4 nitrogen and oxygen atoms in total. The van der Waals surface area contributed by atoms with Crippen molar-refractivity contribution >= 4 is 17.9 Å². The van der Waals surface area contributed by atoms with Gasteiger partial charge in [0, 0.05) is 5.57 Å². The Hall–Kier alpha value is -2.88. The topological polar surface area (TPSA) is 55.4 Å². The maximum absolute atomic E-state index is 11.5. The van der Waals surface area contributed by atoms with E-state index in [1.54, 1.807) is 6.08 Å². The number of amides is 2. The van der Waals surface area contributed by atoms with Crippen molar-refractivity contribution < 1.29 is 14.3 Å². The molecule has 1 fully saturated rings. The monoisotopic (exact) mass is 293 g/mol. The predicted molar refractivity (Wildman–Crippen MR) is 83.0 cm³/mol. The maximum atomic E-state index is 11.5. The third-order valence-corrected chi connectivity index (χ3v) is 3.36. The zero-order valence-electron chi connectivity index (χ0n) is 11.9. The smallest absolute Gasteiger partial charge is 0.254 e. The lowest BCUT2D eigenvalue weighted by molar-refractivity contribution is -0.124. The molecule has 1 aliphatic heterocycles. The molecule has 22 heavy (non-hydrogen) atoms. The molecule has 0 bridgehead atoms. The van der Waals surface area contributed by atoms with Gasteiger partial charge in [0.25, 0.3) is 5.91 Å². The molecule has 2 amide bonds. The number of hydrogen-bond acceptors (Lipinski definition) is 3. The first-order valence-electron chi connectivity index (χ1n) is 7.02. The van der Waals surface area contributed by atoms with E-state index in [4.69, 9.17) is 4.74 Å². The highest BCUT2D eigenvalue weighted by Gasteiger charge is 2.23. The average molecular weight is 293 g/mol. The zero-order valence-corrected chi connectivity index (χ0v) is 11.9. The van der Waals surface area contributed by atoms with Crippen LogP contribution in [0.5, 0.6) is 5.75 Å². The van der Waals surface area contributed by atoms with Crippen molar-refractivity contribution in [3.05, 3.63) is 71.3 Å². The Morgan fingerprint density at radius 2 is 1.73 bits per heavy atom. The van der Waals surface area contributed by atoms with E-state index in [1.807, 2.05) is 54.6 Å². The summed E-state index contributed by atoms with van der Waals surface area (Å²) in [6, 6.07) is 17.4. The molecule has 110 valence electrons. The summed E-state index contributed by atoms with van der Waals surface area (Å²) >= 11 is 0. The number of carbonyl (C=O) groups excluding carboxylic acids is 2. The van der Waals surface area contributed by atoms with Crippen LogP contribution in [0, 0.1) is 0 Å². The largest absolute Gasteiger partial charge is 0.489 e. The summed E-state index contributed by atoms with van der Waals surface area (Å²) in [6.45, 7) is 0.512. The number of hydrogen-bond donors (Lipinski definition) is 1. The summed E-state index contributed by atoms with van der Waals surface area (Å²) < 4.78 is 5.70. The van der Waals surface area contributed by atoms with E-state index in [9.17, 15) is 9.59 Å². The summed E-state index contributed by atoms with van der Waals surface area (Å²) in [5.74, 6) is 0.200. The Balaban J connectivity index is 1.64. The van der Waals surface area contributed by atoms with Gasteiger partial charge in [-0.15, -0.1) is 0 Å². The van der Waals surface area contributed by atoms with Crippen molar-refractivity contribution in [1.29, 1.82) is 0 Å². The van der Waals surface area contributed by atoms with Crippen LogP contribution in [0.1, 0.15) is 17.5 Å². The Bertz CT molecular complexity index is 718. The molecule has 1 N–H and O–H groups in total. The van der Waals surface area contributed by atoms with Crippen LogP contribution in [0.15, 0.2) is 60.2 Å². The van der Waals surface area contributed by atoms with Crippen molar-refractivity contribution in [2.24, 2.45) is 0 Å². The summed E-state index contributed by atoms with van der Waals surface area (Å²) in [5.41, 5.74) is 2.46. The number of ether oxygens (including phenoxy) is 1. The van der Waals surface area contributed by atoms with Gasteiger partial charge < -0.3 is 4.74 Å². The zero-order chi connectivity index (χ0) is 15.4. The second-order valence-corrected chi connectivity index (χ2v) is 5.07. The van der Waals surface area contributed by atoms with Gasteiger partial charge in [0.05, 0.1) is 6.42 Å². The van der Waals surface area contributed by atoms with E-state index >= 15 is 0 Å². The molecule has 0 unspecified atom stereocenters. The van der Waals surface area contributed by atoms with Crippen LogP contribution in [0.25, 0.3) is 6.08 Å². The second kappa shape index (κ2) is 6.26. The Labute approximate surface area is 128 Å². The molecule has 0 aliphatic carbocycles. The first kappa shape index (κ1) is 14.1. The van der Waals surface area contributed by atoms with Crippen LogP contribution in [0.2, 0.25) is 0 Å². The van der Waals surface area contributed by atoms with Gasteiger partial charge in [-0.25, -0.2) is 0 Å². The van der Waals surface area contributed by atoms with Crippen LogP contribution >= 0.6 is 0 Å². The van der Waals surface area contributed by atoms with Crippen LogP contribution in [0.4, 0.5) is 0 Å². The molecule has 1 heterocycles. The molecular weight excluding hydrogens is 278 g/mol. The van der Waals surface area contributed by atoms with Gasteiger partial charge in [0.1, 0.15) is 12.4 Å². The SMILES string of the molecule is O=C1CC(=Cc2ccc(OCc3ccccc3)cc2)C(=O)N1. The fourth-order valence-corrected chi connectivity index (χ4v) is 2.22. The van der Waals surface area contributed by atoms with Crippen molar-refractivity contribution in [1.82, 2.24) is 5.32 Å². The lowest BCUT2D eigenvalue weighted by Gasteiger charge is -2.06. The number of nitrogens with one attached hydrogen (secondary N) is 1. The summed E-state index contributed by atoms with van der Waals surface area (Å²) in [7, 11) is 0. The minimum atomic E-state index is -0.311. The third-order valence-electron chi connectivity index (χ3n) is 3.36. The van der Waals surface area contributed by atoms with Crippen LogP contribution in [0.3, 0.4) is 0 Å². The molecule has 0 saturated carbocycles. The van der Waals surface area contributed by atoms with Crippen molar-refractivity contribution in [2.75, 3.05) is 0 Å². The Morgan fingerprint density at radius 1 is 1.00 bits per heavy atom. The summed E-state index contributed by atoms with van der Waals surface area (Å²) in [5, 5.41) is 2.27. The molecule has 0 spiro atoms. The molecule has 0 radical (unpaired) electrons. The normalized spacial score (nSPS) is 15.9. The van der Waals surface area contributed by atoms with E-state index in [2.05, 4.69) is 5.32 Å². The van der Waals surface area contributed by atoms with Gasteiger partial charge >= 0.3 is 0 Å². The standard InChI is InChI=1S/C18H15NO3/c20-17-11-15(18(21)19-17)10-13-6-8-16(9-7-13)22-12-14-4-2-1-3-5-14/h1-10H,11-12H2,(H,19,20,21). The molecule has 4 heteroatoms. The molecule has 1 saturated heterocycles. The molecule has 2 aromatic carbocycles. The van der Waals surface area contributed by atoms with Gasteiger partial charge in [0.15, 0.2) is 0 Å². The number of rotatable bonds is 4. The molecule has 0 atom stereocenters. The van der Waals surface area contributed by atoms with Crippen LogP contribution in [-0.4, -0.2) is 11.8 Å². The molecule has 1 aliphatic rings. The quantitative estimate of drug-likeness (QED) is 0.696. The number of imide groups is 1. The average Bonchev–Trinajstić information content (AvgIpc) is 2.85. The number of carbonyl (C=O) groups is 2. The molecule has 0 aromatic heterocycles. The highest BCUT2D eigenvalue weighted by molar-refractivity contribution is 6.15. The first-order chi connectivity index (χ1) is 10.7. The maximum Gasteiger partial charge on any atom is 0.254 e. The number of benzene rings is 2. The van der Waals surface area contributed by atoms with Crippen molar-refractivity contribution in [3.63, 3.8) is 0 Å². The van der Waals surface area contributed by atoms with E-state index < -0.39 is 0 Å². The van der Waals surface area contributed by atoms with Gasteiger partial charge in [-0.2, -0.15) is 0 Å². The Morgan fingerprint density at radius 3 is 2.36 bits per heavy atom. The second-order valence-electron chi connectivity index (χ2n) is 5.07. The fraction of sp³-hybridized carbons (Fsp3) is 0.111. The van der Waals surface area contributed by atoms with Gasteiger partial charge in [-0.1, -0.05) is 42.5 Å². The molecular formula is C18H15NO3. The van der Waals surface area contributed by atoms with E-state index in [1.165, 1.54) is 0 Å². The van der Waals surface area contributed by atoms with Crippen LogP contribution < -0.4 is 10.1 Å². The van der Waals surface area contributed by atoms with E-state index in [-0.39, 0.29) is 18.2 Å². The van der Waals surface area contributed by atoms with Crippen molar-refractivity contribution in [2.45, 2.75) is 13.0 Å². The summed E-state index contributed by atoms with van der Waals surface area (Å²) in [6.07, 6.45) is 1.87. The first-order valence-corrected chi connectivity index (χ1v) is 7.02. The van der Waals surface area contributed by atoms with Gasteiger partial charge in [0.2, 0.25) is 5.91 Å². The van der Waals surface area contributed by atoms with E-state index in [0.29, 0.717) is 12.2 Å². The lowest BCUT2D eigenvalue weighted by atomic mass is 10.1. The fourth-order valence-electron chi connectivity index (χ4n) is 2.22.